The fourth-order valence-electron chi connectivity index (χ4n) is 3.54. The van der Waals surface area contributed by atoms with Crippen LogP contribution in [-0.4, -0.2) is 12.6 Å². The van der Waals surface area contributed by atoms with E-state index in [0.29, 0.717) is 0 Å². The van der Waals surface area contributed by atoms with Gasteiger partial charge in [-0.25, -0.2) is 0 Å². The highest BCUT2D eigenvalue weighted by molar-refractivity contribution is 4.80. The molecular weight excluding hydrogens is 194 g/mol. The maximum absolute atomic E-state index is 3.82. The average Bonchev–Trinajstić information content (AvgIpc) is 2.80. The van der Waals surface area contributed by atoms with Crippen LogP contribution in [0.2, 0.25) is 0 Å². The zero-order valence-corrected chi connectivity index (χ0v) is 11.2. The molecule has 0 aromatic rings. The van der Waals surface area contributed by atoms with Gasteiger partial charge in [0.05, 0.1) is 0 Å². The van der Waals surface area contributed by atoms with Crippen LogP contribution >= 0.6 is 0 Å². The van der Waals surface area contributed by atoms with Gasteiger partial charge in [0.15, 0.2) is 0 Å². The van der Waals surface area contributed by atoms with Crippen molar-refractivity contribution < 1.29 is 0 Å². The van der Waals surface area contributed by atoms with E-state index in [9.17, 15) is 0 Å². The van der Waals surface area contributed by atoms with E-state index >= 15 is 0 Å². The van der Waals surface area contributed by atoms with E-state index in [1.165, 1.54) is 57.9 Å². The van der Waals surface area contributed by atoms with Crippen LogP contribution in [0.1, 0.15) is 65.2 Å². The first-order valence-electron chi connectivity index (χ1n) is 7.49. The van der Waals surface area contributed by atoms with E-state index in [1.807, 2.05) is 0 Å². The molecule has 0 aromatic carbocycles. The lowest BCUT2D eigenvalue weighted by molar-refractivity contribution is 0.234. The van der Waals surface area contributed by atoms with Crippen LogP contribution in [0, 0.1) is 17.8 Å². The number of rotatable bonds is 4. The Morgan fingerprint density at radius 2 is 1.56 bits per heavy atom. The van der Waals surface area contributed by atoms with E-state index in [2.05, 4.69) is 19.2 Å². The topological polar surface area (TPSA) is 12.0 Å². The zero-order valence-electron chi connectivity index (χ0n) is 11.2. The molecule has 0 heterocycles. The lowest BCUT2D eigenvalue weighted by atomic mass is 9.79. The zero-order chi connectivity index (χ0) is 11.4. The van der Waals surface area contributed by atoms with Gasteiger partial charge in [-0.15, -0.1) is 0 Å². The molecule has 0 atom stereocenters. The summed E-state index contributed by atoms with van der Waals surface area (Å²) in [5, 5.41) is 3.82. The summed E-state index contributed by atoms with van der Waals surface area (Å²) in [6.07, 6.45) is 11.7. The van der Waals surface area contributed by atoms with Gasteiger partial charge in [0.25, 0.3) is 0 Å². The van der Waals surface area contributed by atoms with E-state index in [4.69, 9.17) is 0 Å². The van der Waals surface area contributed by atoms with Crippen LogP contribution in [0.25, 0.3) is 0 Å². The summed E-state index contributed by atoms with van der Waals surface area (Å²) in [6, 6.07) is 0.843. The van der Waals surface area contributed by atoms with Gasteiger partial charge in [0.1, 0.15) is 0 Å². The summed E-state index contributed by atoms with van der Waals surface area (Å²) in [6.45, 7) is 6.07. The minimum absolute atomic E-state index is 0.843. The standard InChI is InChI=1S/C15H29N/c1-12(2)14-7-9-15(10-8-14)16-11-13-5-3-4-6-13/h12-16H,3-11H2,1-2H3. The number of nitrogens with one attached hydrogen (secondary N) is 1. The normalized spacial score (nSPS) is 32.4. The second-order valence-electron chi connectivity index (χ2n) is 6.41. The minimum Gasteiger partial charge on any atom is -0.314 e. The highest BCUT2D eigenvalue weighted by atomic mass is 14.9. The SMILES string of the molecule is CC(C)C1CCC(NCC2CCCC2)CC1. The predicted molar refractivity (Wildman–Crippen MR) is 70.5 cm³/mol. The molecule has 0 unspecified atom stereocenters. The van der Waals surface area contributed by atoms with Crippen molar-refractivity contribution in [1.29, 1.82) is 0 Å². The molecular formula is C15H29N. The molecule has 0 amide bonds. The highest BCUT2D eigenvalue weighted by Crippen LogP contribution is 2.30. The lowest BCUT2D eigenvalue weighted by Crippen LogP contribution is -2.36. The van der Waals surface area contributed by atoms with Gasteiger partial charge in [-0.2, -0.15) is 0 Å². The van der Waals surface area contributed by atoms with Crippen molar-refractivity contribution >= 4 is 0 Å². The van der Waals surface area contributed by atoms with Crippen molar-refractivity contribution in [2.24, 2.45) is 17.8 Å². The highest BCUT2D eigenvalue weighted by Gasteiger charge is 2.23. The summed E-state index contributed by atoms with van der Waals surface area (Å²) in [4.78, 5) is 0. The van der Waals surface area contributed by atoms with E-state index in [0.717, 1.165) is 23.8 Å². The van der Waals surface area contributed by atoms with Crippen molar-refractivity contribution in [3.8, 4) is 0 Å². The van der Waals surface area contributed by atoms with Crippen LogP contribution in [-0.2, 0) is 0 Å². The predicted octanol–water partition coefficient (Wildman–Crippen LogP) is 3.98. The Labute approximate surface area is 101 Å². The summed E-state index contributed by atoms with van der Waals surface area (Å²) in [5.74, 6) is 2.91. The van der Waals surface area contributed by atoms with Gasteiger partial charge in [-0.3, -0.25) is 0 Å². The van der Waals surface area contributed by atoms with Gasteiger partial charge in [-0.1, -0.05) is 26.7 Å². The first kappa shape index (κ1) is 12.4. The van der Waals surface area contributed by atoms with Crippen molar-refractivity contribution in [1.82, 2.24) is 5.32 Å². The van der Waals surface area contributed by atoms with Crippen LogP contribution in [0.4, 0.5) is 0 Å². The van der Waals surface area contributed by atoms with E-state index < -0.39 is 0 Å². The molecule has 2 aliphatic carbocycles. The molecule has 0 aromatic heterocycles. The minimum atomic E-state index is 0.843. The maximum atomic E-state index is 3.82. The molecule has 0 bridgehead atoms. The third-order valence-electron chi connectivity index (χ3n) is 4.88. The monoisotopic (exact) mass is 223 g/mol. The van der Waals surface area contributed by atoms with Gasteiger partial charge in [0, 0.05) is 6.04 Å². The fourth-order valence-corrected chi connectivity index (χ4v) is 3.54. The molecule has 2 saturated carbocycles. The molecule has 2 fully saturated rings. The molecule has 1 nitrogen and oxygen atoms in total. The molecule has 0 saturated heterocycles. The molecule has 1 heteroatoms. The third kappa shape index (κ3) is 3.48. The summed E-state index contributed by atoms with van der Waals surface area (Å²) >= 11 is 0. The summed E-state index contributed by atoms with van der Waals surface area (Å²) in [7, 11) is 0. The maximum Gasteiger partial charge on any atom is 0.00673 e. The Morgan fingerprint density at radius 3 is 2.12 bits per heavy atom. The smallest absolute Gasteiger partial charge is 0.00673 e. The van der Waals surface area contributed by atoms with Gasteiger partial charge < -0.3 is 5.32 Å². The molecule has 94 valence electrons. The van der Waals surface area contributed by atoms with Crippen LogP contribution in [0.5, 0.6) is 0 Å². The lowest BCUT2D eigenvalue weighted by Gasteiger charge is -2.32. The van der Waals surface area contributed by atoms with Crippen LogP contribution in [0.15, 0.2) is 0 Å². The second kappa shape index (κ2) is 6.05. The van der Waals surface area contributed by atoms with Crippen molar-refractivity contribution in [2.45, 2.75) is 71.3 Å². The largest absolute Gasteiger partial charge is 0.314 e. The molecule has 16 heavy (non-hydrogen) atoms. The van der Waals surface area contributed by atoms with E-state index in [1.54, 1.807) is 0 Å². The Morgan fingerprint density at radius 1 is 0.938 bits per heavy atom. The quantitative estimate of drug-likeness (QED) is 0.760. The first-order valence-corrected chi connectivity index (χ1v) is 7.49. The van der Waals surface area contributed by atoms with Gasteiger partial charge >= 0.3 is 0 Å². The summed E-state index contributed by atoms with van der Waals surface area (Å²) < 4.78 is 0. The van der Waals surface area contributed by atoms with Gasteiger partial charge in [0.2, 0.25) is 0 Å². The molecule has 2 aliphatic rings. The van der Waals surface area contributed by atoms with Crippen LogP contribution in [0.3, 0.4) is 0 Å². The molecule has 1 N–H and O–H groups in total. The summed E-state index contributed by atoms with van der Waals surface area (Å²) in [5.41, 5.74) is 0. The van der Waals surface area contributed by atoms with Crippen molar-refractivity contribution in [3.63, 3.8) is 0 Å². The second-order valence-corrected chi connectivity index (χ2v) is 6.41. The Kier molecular flexibility index (Phi) is 4.69. The number of hydrogen-bond donors (Lipinski definition) is 1. The fraction of sp³-hybridized carbons (Fsp3) is 1.00. The Balaban J connectivity index is 1.61. The Hall–Kier alpha value is -0.0400. The molecule has 0 aliphatic heterocycles. The Bertz CT molecular complexity index is 186. The van der Waals surface area contributed by atoms with Crippen molar-refractivity contribution in [3.05, 3.63) is 0 Å². The molecule has 0 spiro atoms. The third-order valence-corrected chi connectivity index (χ3v) is 4.88. The average molecular weight is 223 g/mol. The van der Waals surface area contributed by atoms with E-state index in [-0.39, 0.29) is 0 Å². The molecule has 2 rings (SSSR count). The number of hydrogen-bond acceptors (Lipinski definition) is 1. The van der Waals surface area contributed by atoms with Gasteiger partial charge in [-0.05, 0) is 62.8 Å². The first-order chi connectivity index (χ1) is 7.75. The van der Waals surface area contributed by atoms with Crippen LogP contribution < -0.4 is 5.32 Å². The van der Waals surface area contributed by atoms with Crippen molar-refractivity contribution in [2.75, 3.05) is 6.54 Å². The molecule has 0 radical (unpaired) electrons.